The Morgan fingerprint density at radius 2 is 1.81 bits per heavy atom. The van der Waals surface area contributed by atoms with Crippen molar-refractivity contribution in [3.8, 4) is 0 Å². The van der Waals surface area contributed by atoms with Gasteiger partial charge in [-0.25, -0.2) is 0 Å². The highest BCUT2D eigenvalue weighted by Crippen LogP contribution is 2.27. The van der Waals surface area contributed by atoms with Crippen LogP contribution in [-0.4, -0.2) is 13.9 Å². The summed E-state index contributed by atoms with van der Waals surface area (Å²) in [5, 5.41) is 1.58. The van der Waals surface area contributed by atoms with Gasteiger partial charge in [0.2, 0.25) is 5.69 Å². The average molecular weight is 253 g/mol. The van der Waals surface area contributed by atoms with Crippen molar-refractivity contribution in [1.82, 2.24) is 0 Å². The molecule has 2 N–H and O–H groups in total. The van der Waals surface area contributed by atoms with Gasteiger partial charge in [0.1, 0.15) is 5.69 Å². The van der Waals surface area contributed by atoms with Gasteiger partial charge in [-0.05, 0) is 6.07 Å². The van der Waals surface area contributed by atoms with Gasteiger partial charge in [-0.3, -0.25) is 9.84 Å². The van der Waals surface area contributed by atoms with Gasteiger partial charge in [-0.15, -0.1) is 0 Å². The van der Waals surface area contributed by atoms with Gasteiger partial charge in [-0.1, -0.05) is 12.1 Å². The molecule has 0 fully saturated rings. The molecule has 9 heteroatoms. The maximum Gasteiger partial charge on any atom is 0.516 e. The lowest BCUT2D eigenvalue weighted by Gasteiger charge is -2.10. The van der Waals surface area contributed by atoms with Gasteiger partial charge in [0.25, 0.3) is 0 Å². The fourth-order valence-corrected chi connectivity index (χ4v) is 1.46. The number of hydrogen-bond acceptors (Lipinski definition) is 2. The van der Waals surface area contributed by atoms with Gasteiger partial charge in [-0.2, -0.15) is 21.6 Å². The fourth-order valence-electron chi connectivity index (χ4n) is 0.872. The molecule has 16 heavy (non-hydrogen) atoms. The molecule has 0 amide bonds. The van der Waals surface area contributed by atoms with Gasteiger partial charge in [0, 0.05) is 6.07 Å². The Kier molecular flexibility index (Phi) is 3.17. The van der Waals surface area contributed by atoms with E-state index in [0.717, 1.165) is 6.07 Å². The molecule has 5 nitrogen and oxygen atoms in total. The lowest BCUT2D eigenvalue weighted by molar-refractivity contribution is -0.378. The van der Waals surface area contributed by atoms with E-state index in [0.29, 0.717) is 0 Å². The van der Waals surface area contributed by atoms with E-state index in [1.54, 1.807) is 5.11 Å². The highest BCUT2D eigenvalue weighted by Gasteiger charge is 2.46. The van der Waals surface area contributed by atoms with E-state index >= 15 is 0 Å². The van der Waals surface area contributed by atoms with Crippen molar-refractivity contribution < 1.29 is 26.7 Å². The molecule has 0 atom stereocenters. The van der Waals surface area contributed by atoms with E-state index in [1.807, 2.05) is 0 Å². The van der Waals surface area contributed by atoms with E-state index in [2.05, 4.69) is 0 Å². The molecule has 0 aromatic heterocycles. The molecular weight excluding hydrogens is 247 g/mol. The monoisotopic (exact) mass is 253 g/mol. The van der Waals surface area contributed by atoms with Crippen molar-refractivity contribution in [3.63, 3.8) is 0 Å². The maximum absolute atomic E-state index is 12.0. The Bertz CT molecular complexity index is 498. The van der Waals surface area contributed by atoms with Gasteiger partial charge >= 0.3 is 15.5 Å². The van der Waals surface area contributed by atoms with E-state index in [9.17, 15) is 21.6 Å². The van der Waals surface area contributed by atoms with Crippen molar-refractivity contribution in [3.05, 3.63) is 29.8 Å². The molecular formula is C7H6F3N3O2S. The maximum atomic E-state index is 12.0. The molecule has 0 heterocycles. The third kappa shape index (κ3) is 2.48. The van der Waals surface area contributed by atoms with E-state index in [-0.39, 0.29) is 5.69 Å². The van der Waals surface area contributed by atoms with Gasteiger partial charge in [0.15, 0.2) is 0 Å². The second-order valence-electron chi connectivity index (χ2n) is 2.71. The summed E-state index contributed by atoms with van der Waals surface area (Å²) in [7, 11) is -5.48. The van der Waals surface area contributed by atoms with Crippen LogP contribution in [0.2, 0.25) is 0 Å². The predicted molar refractivity (Wildman–Crippen MR) is 49.0 cm³/mol. The summed E-state index contributed by atoms with van der Waals surface area (Å²) in [6.45, 7) is 0. The Balaban J connectivity index is 3.11. The van der Waals surface area contributed by atoms with Crippen molar-refractivity contribution in [1.29, 1.82) is 0 Å². The molecule has 0 unspecified atom stereocenters. The summed E-state index contributed by atoms with van der Waals surface area (Å²) >= 11 is 0. The van der Waals surface area contributed by atoms with Crippen molar-refractivity contribution in [2.75, 3.05) is 4.72 Å². The fraction of sp³-hybridized carbons (Fsp3) is 0.143. The highest BCUT2D eigenvalue weighted by atomic mass is 32.2. The number of anilines is 1. The third-order valence-electron chi connectivity index (χ3n) is 1.60. The Labute approximate surface area is 88.8 Å². The molecule has 0 saturated heterocycles. The predicted octanol–water partition coefficient (Wildman–Crippen LogP) is 0.682. The Hall–Kier alpha value is -1.64. The zero-order valence-corrected chi connectivity index (χ0v) is 8.43. The number of nitrogens with zero attached hydrogens (tertiary/aromatic N) is 1. The summed E-state index contributed by atoms with van der Waals surface area (Å²) in [5.74, 6) is 0. The molecule has 0 radical (unpaired) electrons. The lowest BCUT2D eigenvalue weighted by atomic mass is 10.3. The number of para-hydroxylation sites is 2. The molecule has 1 rings (SSSR count). The normalized spacial score (nSPS) is 12.2. The zero-order chi connectivity index (χ0) is 12.4. The number of nitrogens with one attached hydrogen (secondary N) is 2. The summed E-state index contributed by atoms with van der Waals surface area (Å²) in [6.07, 6.45) is 0. The van der Waals surface area contributed by atoms with Crippen LogP contribution in [0.5, 0.6) is 0 Å². The topological polar surface area (TPSA) is 82.4 Å². The molecule has 88 valence electrons. The van der Waals surface area contributed by atoms with Crippen molar-refractivity contribution in [2.24, 2.45) is 0 Å². The highest BCUT2D eigenvalue weighted by molar-refractivity contribution is 7.93. The van der Waals surface area contributed by atoms with Crippen LogP contribution in [-0.2, 0) is 10.0 Å². The summed E-state index contributed by atoms with van der Waals surface area (Å²) in [6, 6.07) is 5.00. The van der Waals surface area contributed by atoms with Crippen LogP contribution in [0.15, 0.2) is 24.3 Å². The zero-order valence-electron chi connectivity index (χ0n) is 7.62. The summed E-state index contributed by atoms with van der Waals surface area (Å²) < 4.78 is 58.9. The summed E-state index contributed by atoms with van der Waals surface area (Å²) in [4.78, 5) is 0. The molecule has 1 aromatic carbocycles. The van der Waals surface area contributed by atoms with E-state index < -0.39 is 21.2 Å². The smallest absolute Gasteiger partial charge is 0.502 e. The minimum atomic E-state index is -5.48. The minimum Gasteiger partial charge on any atom is -0.502 e. The second-order valence-corrected chi connectivity index (χ2v) is 4.38. The molecule has 0 saturated carbocycles. The standard InChI is InChI=1S/C7H6F3N3O2S/c8-7(9,10)16(14,15)13-6-4-2-1-3-5(6)12-11/h1-4,12-13H. The first-order valence-electron chi connectivity index (χ1n) is 3.86. The molecule has 0 aliphatic heterocycles. The molecule has 0 aliphatic carbocycles. The average Bonchev–Trinajstić information content (AvgIpc) is 2.16. The minimum absolute atomic E-state index is 0.185. The Morgan fingerprint density at radius 1 is 1.25 bits per heavy atom. The number of benzene rings is 1. The lowest BCUT2D eigenvalue weighted by Crippen LogP contribution is -2.55. The second kappa shape index (κ2) is 4.08. The first-order chi connectivity index (χ1) is 7.28. The first-order valence-corrected chi connectivity index (χ1v) is 5.34. The van der Waals surface area contributed by atoms with Crippen molar-refractivity contribution in [2.45, 2.75) is 5.51 Å². The molecule has 1 aromatic rings. The first kappa shape index (κ1) is 12.4. The van der Waals surface area contributed by atoms with Crippen molar-refractivity contribution >= 4 is 21.4 Å². The van der Waals surface area contributed by atoms with Crippen LogP contribution in [0, 0.1) is 0 Å². The van der Waals surface area contributed by atoms with E-state index in [4.69, 9.17) is 5.53 Å². The van der Waals surface area contributed by atoms with Crippen LogP contribution >= 0.6 is 0 Å². The quantitative estimate of drug-likeness (QED) is 0.776. The largest absolute Gasteiger partial charge is 0.516 e. The number of sulfonamides is 1. The number of rotatable bonds is 3. The number of halogens is 3. The van der Waals surface area contributed by atoms with Crippen LogP contribution in [0.1, 0.15) is 0 Å². The number of hydrogen-bond donors (Lipinski definition) is 2. The van der Waals surface area contributed by atoms with Gasteiger partial charge < -0.3 is 5.53 Å². The molecule has 0 bridgehead atoms. The van der Waals surface area contributed by atoms with Crippen LogP contribution in [0.4, 0.5) is 24.5 Å². The van der Waals surface area contributed by atoms with Crippen LogP contribution in [0.25, 0.3) is 5.53 Å². The van der Waals surface area contributed by atoms with Crippen LogP contribution < -0.4 is 9.84 Å². The SMILES string of the molecule is [N-]=[NH+]c1ccccc1NS(=O)(=O)C(F)(F)F. The third-order valence-corrected chi connectivity index (χ3v) is 2.69. The number of alkyl halides is 3. The van der Waals surface area contributed by atoms with E-state index in [1.165, 1.54) is 22.9 Å². The van der Waals surface area contributed by atoms with Gasteiger partial charge in [0.05, 0.1) is 0 Å². The molecule has 0 spiro atoms. The van der Waals surface area contributed by atoms with Crippen LogP contribution in [0.3, 0.4) is 0 Å². The molecule has 0 aliphatic rings. The Morgan fingerprint density at radius 3 is 2.31 bits per heavy atom. The summed E-state index contributed by atoms with van der Waals surface area (Å²) in [5.41, 5.74) is 2.56.